The van der Waals surface area contributed by atoms with Gasteiger partial charge in [0.2, 0.25) is 5.88 Å². The molecule has 1 aromatic heterocycles. The SMILES string of the molecule is CCC(C)(C)c1ccc(Oc2ccc(Br)cn2)cc1. The number of benzene rings is 1. The van der Waals surface area contributed by atoms with E-state index in [2.05, 4.69) is 53.8 Å². The number of ether oxygens (including phenoxy) is 1. The van der Waals surface area contributed by atoms with Crippen LogP contribution in [0, 0.1) is 0 Å². The summed E-state index contributed by atoms with van der Waals surface area (Å²) in [5, 5.41) is 0. The second-order valence-electron chi connectivity index (χ2n) is 5.18. The maximum absolute atomic E-state index is 5.70. The van der Waals surface area contributed by atoms with Crippen LogP contribution in [0.15, 0.2) is 47.1 Å². The number of nitrogens with zero attached hydrogens (tertiary/aromatic N) is 1. The highest BCUT2D eigenvalue weighted by molar-refractivity contribution is 9.10. The number of aromatic nitrogens is 1. The Balaban J connectivity index is 2.13. The molecular weight excluding hydrogens is 302 g/mol. The number of hydrogen-bond donors (Lipinski definition) is 0. The van der Waals surface area contributed by atoms with Gasteiger partial charge in [-0.05, 0) is 51.5 Å². The Kier molecular flexibility index (Phi) is 4.25. The van der Waals surface area contributed by atoms with Crippen molar-refractivity contribution in [1.82, 2.24) is 4.98 Å². The van der Waals surface area contributed by atoms with Gasteiger partial charge in [-0.25, -0.2) is 4.98 Å². The molecule has 0 atom stereocenters. The first-order valence-electron chi connectivity index (χ1n) is 6.41. The summed E-state index contributed by atoms with van der Waals surface area (Å²) in [7, 11) is 0. The van der Waals surface area contributed by atoms with E-state index >= 15 is 0 Å². The predicted octanol–water partition coefficient (Wildman–Crippen LogP) is 5.32. The van der Waals surface area contributed by atoms with Crippen LogP contribution in [0.2, 0.25) is 0 Å². The minimum atomic E-state index is 0.203. The number of pyridine rings is 1. The van der Waals surface area contributed by atoms with E-state index in [9.17, 15) is 0 Å². The summed E-state index contributed by atoms with van der Waals surface area (Å²) < 4.78 is 6.65. The van der Waals surface area contributed by atoms with E-state index < -0.39 is 0 Å². The van der Waals surface area contributed by atoms with Crippen molar-refractivity contribution in [1.29, 1.82) is 0 Å². The van der Waals surface area contributed by atoms with Crippen molar-refractivity contribution in [2.75, 3.05) is 0 Å². The largest absolute Gasteiger partial charge is 0.439 e. The first-order chi connectivity index (χ1) is 9.01. The van der Waals surface area contributed by atoms with Crippen LogP contribution in [-0.4, -0.2) is 4.98 Å². The first-order valence-corrected chi connectivity index (χ1v) is 7.20. The summed E-state index contributed by atoms with van der Waals surface area (Å²) in [5.74, 6) is 1.41. The molecule has 0 aliphatic heterocycles. The van der Waals surface area contributed by atoms with Crippen LogP contribution in [0.5, 0.6) is 11.6 Å². The summed E-state index contributed by atoms with van der Waals surface area (Å²) in [4.78, 5) is 4.19. The van der Waals surface area contributed by atoms with E-state index in [-0.39, 0.29) is 5.41 Å². The Hall–Kier alpha value is -1.35. The molecule has 19 heavy (non-hydrogen) atoms. The highest BCUT2D eigenvalue weighted by Gasteiger charge is 2.17. The number of halogens is 1. The van der Waals surface area contributed by atoms with Crippen molar-refractivity contribution >= 4 is 15.9 Å². The highest BCUT2D eigenvalue weighted by Crippen LogP contribution is 2.29. The van der Waals surface area contributed by atoms with Crippen molar-refractivity contribution in [2.45, 2.75) is 32.6 Å². The predicted molar refractivity (Wildman–Crippen MR) is 81.8 cm³/mol. The molecule has 100 valence electrons. The molecule has 2 nitrogen and oxygen atoms in total. The fourth-order valence-corrected chi connectivity index (χ4v) is 1.96. The molecule has 1 aromatic carbocycles. The fourth-order valence-electron chi connectivity index (χ4n) is 1.72. The maximum atomic E-state index is 5.70. The van der Waals surface area contributed by atoms with Crippen LogP contribution >= 0.6 is 15.9 Å². The zero-order valence-electron chi connectivity index (χ0n) is 11.5. The van der Waals surface area contributed by atoms with Gasteiger partial charge in [0.1, 0.15) is 5.75 Å². The van der Waals surface area contributed by atoms with Gasteiger partial charge in [-0.2, -0.15) is 0 Å². The average Bonchev–Trinajstić information content (AvgIpc) is 2.42. The molecule has 1 heterocycles. The molecule has 0 spiro atoms. The van der Waals surface area contributed by atoms with Gasteiger partial charge in [0.05, 0.1) is 0 Å². The third kappa shape index (κ3) is 3.57. The molecule has 0 N–H and O–H groups in total. The van der Waals surface area contributed by atoms with Crippen molar-refractivity contribution in [2.24, 2.45) is 0 Å². The van der Waals surface area contributed by atoms with Crippen LogP contribution in [0.25, 0.3) is 0 Å². The Morgan fingerprint density at radius 1 is 1.11 bits per heavy atom. The van der Waals surface area contributed by atoms with E-state index in [1.165, 1.54) is 5.56 Å². The standard InChI is InChI=1S/C16H18BrNO/c1-4-16(2,3)12-5-8-14(9-6-12)19-15-10-7-13(17)11-18-15/h5-11H,4H2,1-3H3. The van der Waals surface area contributed by atoms with E-state index in [1.54, 1.807) is 6.20 Å². The quantitative estimate of drug-likeness (QED) is 0.760. The van der Waals surface area contributed by atoms with E-state index in [4.69, 9.17) is 4.74 Å². The van der Waals surface area contributed by atoms with Crippen LogP contribution in [0.1, 0.15) is 32.8 Å². The summed E-state index contributed by atoms with van der Waals surface area (Å²) in [5.41, 5.74) is 1.53. The first kappa shape index (κ1) is 14.1. The smallest absolute Gasteiger partial charge is 0.219 e. The second kappa shape index (κ2) is 5.74. The number of rotatable bonds is 4. The minimum Gasteiger partial charge on any atom is -0.439 e. The van der Waals surface area contributed by atoms with Gasteiger partial charge in [-0.1, -0.05) is 32.9 Å². The Morgan fingerprint density at radius 3 is 2.32 bits per heavy atom. The molecule has 0 amide bonds. The van der Waals surface area contributed by atoms with Gasteiger partial charge in [0, 0.05) is 16.7 Å². The molecule has 2 aromatic rings. The lowest BCUT2D eigenvalue weighted by Crippen LogP contribution is -2.14. The summed E-state index contributed by atoms with van der Waals surface area (Å²) in [6.45, 7) is 6.70. The third-order valence-electron chi connectivity index (χ3n) is 3.44. The highest BCUT2D eigenvalue weighted by atomic mass is 79.9. The van der Waals surface area contributed by atoms with Crippen molar-refractivity contribution in [3.05, 3.63) is 52.6 Å². The fraction of sp³-hybridized carbons (Fsp3) is 0.312. The average molecular weight is 320 g/mol. The normalized spacial score (nSPS) is 11.4. The number of hydrogen-bond acceptors (Lipinski definition) is 2. The summed E-state index contributed by atoms with van der Waals surface area (Å²) in [6.07, 6.45) is 2.84. The van der Waals surface area contributed by atoms with Gasteiger partial charge in [-0.15, -0.1) is 0 Å². The Labute approximate surface area is 123 Å². The van der Waals surface area contributed by atoms with Crippen LogP contribution in [0.4, 0.5) is 0 Å². The zero-order valence-corrected chi connectivity index (χ0v) is 13.1. The van der Waals surface area contributed by atoms with Gasteiger partial charge < -0.3 is 4.74 Å². The zero-order chi connectivity index (χ0) is 13.9. The maximum Gasteiger partial charge on any atom is 0.219 e. The molecule has 0 bridgehead atoms. The lowest BCUT2D eigenvalue weighted by atomic mass is 9.82. The van der Waals surface area contributed by atoms with Gasteiger partial charge in [-0.3, -0.25) is 0 Å². The topological polar surface area (TPSA) is 22.1 Å². The molecule has 0 fully saturated rings. The molecule has 0 aliphatic rings. The van der Waals surface area contributed by atoms with Gasteiger partial charge in [0.15, 0.2) is 0 Å². The van der Waals surface area contributed by atoms with Crippen molar-refractivity contribution in [3.63, 3.8) is 0 Å². The van der Waals surface area contributed by atoms with Crippen LogP contribution in [0.3, 0.4) is 0 Å². The molecule has 2 rings (SSSR count). The molecular formula is C16H18BrNO. The van der Waals surface area contributed by atoms with Crippen molar-refractivity contribution < 1.29 is 4.74 Å². The van der Waals surface area contributed by atoms with Gasteiger partial charge in [0.25, 0.3) is 0 Å². The lowest BCUT2D eigenvalue weighted by molar-refractivity contribution is 0.460. The van der Waals surface area contributed by atoms with Crippen LogP contribution < -0.4 is 4.74 Å². The summed E-state index contributed by atoms with van der Waals surface area (Å²) >= 11 is 3.35. The molecule has 0 aliphatic carbocycles. The molecule has 0 radical (unpaired) electrons. The monoisotopic (exact) mass is 319 g/mol. The molecule has 0 saturated heterocycles. The van der Waals surface area contributed by atoms with E-state index in [0.717, 1.165) is 16.6 Å². The van der Waals surface area contributed by atoms with E-state index in [0.29, 0.717) is 5.88 Å². The van der Waals surface area contributed by atoms with Crippen LogP contribution in [-0.2, 0) is 5.41 Å². The molecule has 0 saturated carbocycles. The minimum absolute atomic E-state index is 0.203. The van der Waals surface area contributed by atoms with Crippen molar-refractivity contribution in [3.8, 4) is 11.6 Å². The molecule has 0 unspecified atom stereocenters. The van der Waals surface area contributed by atoms with Gasteiger partial charge >= 0.3 is 0 Å². The Bertz CT molecular complexity index is 532. The molecule has 3 heteroatoms. The Morgan fingerprint density at radius 2 is 1.79 bits per heavy atom. The lowest BCUT2D eigenvalue weighted by Gasteiger charge is -2.23. The second-order valence-corrected chi connectivity index (χ2v) is 6.09. The summed E-state index contributed by atoms with van der Waals surface area (Å²) in [6, 6.07) is 12.0. The third-order valence-corrected chi connectivity index (χ3v) is 3.91. The van der Waals surface area contributed by atoms with E-state index in [1.807, 2.05) is 24.3 Å².